The minimum atomic E-state index is -0.712. The van der Waals surface area contributed by atoms with Gasteiger partial charge in [0.25, 0.3) is 0 Å². The maximum Gasteiger partial charge on any atom is 0.243 e. The van der Waals surface area contributed by atoms with Gasteiger partial charge in [0.2, 0.25) is 11.8 Å². The van der Waals surface area contributed by atoms with E-state index in [0.717, 1.165) is 17.0 Å². The Labute approximate surface area is 185 Å². The summed E-state index contributed by atoms with van der Waals surface area (Å²) in [5, 5.41) is 9.70. The number of anilines is 2. The molecule has 0 radical (unpaired) electrons. The van der Waals surface area contributed by atoms with Crippen molar-refractivity contribution in [2.45, 2.75) is 19.4 Å². The van der Waals surface area contributed by atoms with Gasteiger partial charge in [0.1, 0.15) is 11.8 Å². The quantitative estimate of drug-likeness (QED) is 0.612. The lowest BCUT2D eigenvalue weighted by molar-refractivity contribution is -0.130. The summed E-state index contributed by atoms with van der Waals surface area (Å²) >= 11 is 11.6. The van der Waals surface area contributed by atoms with Gasteiger partial charge in [0.15, 0.2) is 5.11 Å². The number of piperazine rings is 1. The molecule has 0 unspecified atom stereocenters. The van der Waals surface area contributed by atoms with E-state index in [1.165, 1.54) is 0 Å². The number of halogens is 1. The van der Waals surface area contributed by atoms with E-state index in [9.17, 15) is 9.59 Å². The van der Waals surface area contributed by atoms with Crippen molar-refractivity contribution in [2.24, 2.45) is 0 Å². The van der Waals surface area contributed by atoms with E-state index in [1.54, 1.807) is 30.2 Å². The largest absolute Gasteiger partial charge is 0.497 e. The molecule has 0 aliphatic carbocycles. The number of thiocarbonyl (C=S) groups is 1. The van der Waals surface area contributed by atoms with Crippen LogP contribution in [0.15, 0.2) is 42.5 Å². The van der Waals surface area contributed by atoms with E-state index in [4.69, 9.17) is 28.6 Å². The number of ether oxygens (including phenoxy) is 1. The van der Waals surface area contributed by atoms with E-state index in [2.05, 4.69) is 16.0 Å². The van der Waals surface area contributed by atoms with E-state index in [-0.39, 0.29) is 18.2 Å². The summed E-state index contributed by atoms with van der Waals surface area (Å²) in [6, 6.07) is 11.9. The van der Waals surface area contributed by atoms with Crippen LogP contribution in [0.1, 0.15) is 12.0 Å². The van der Waals surface area contributed by atoms with E-state index >= 15 is 0 Å². The van der Waals surface area contributed by atoms with E-state index < -0.39 is 6.04 Å². The lowest BCUT2D eigenvalue weighted by Crippen LogP contribution is -2.58. The zero-order chi connectivity index (χ0) is 21.7. The van der Waals surface area contributed by atoms with Crippen molar-refractivity contribution < 1.29 is 14.3 Å². The summed E-state index contributed by atoms with van der Waals surface area (Å²) in [5.41, 5.74) is 2.16. The molecular weight excluding hydrogens is 424 g/mol. The Kier molecular flexibility index (Phi) is 7.12. The first-order chi connectivity index (χ1) is 14.4. The maximum absolute atomic E-state index is 12.6. The Bertz CT molecular complexity index is 952. The van der Waals surface area contributed by atoms with Gasteiger partial charge in [-0.3, -0.25) is 9.59 Å². The highest BCUT2D eigenvalue weighted by atomic mass is 35.5. The lowest BCUT2D eigenvalue weighted by atomic mass is 10.1. The van der Waals surface area contributed by atoms with Crippen LogP contribution in [0.3, 0.4) is 0 Å². The molecule has 7 nitrogen and oxygen atoms in total. The smallest absolute Gasteiger partial charge is 0.243 e. The molecule has 1 atom stereocenters. The predicted molar refractivity (Wildman–Crippen MR) is 122 cm³/mol. The van der Waals surface area contributed by atoms with Gasteiger partial charge >= 0.3 is 0 Å². The predicted octanol–water partition coefficient (Wildman–Crippen LogP) is 3.18. The highest BCUT2D eigenvalue weighted by molar-refractivity contribution is 7.80. The van der Waals surface area contributed by atoms with Crippen LogP contribution in [-0.2, 0) is 9.59 Å². The van der Waals surface area contributed by atoms with Gasteiger partial charge in [-0.2, -0.15) is 0 Å². The van der Waals surface area contributed by atoms with Crippen LogP contribution in [-0.4, -0.2) is 48.1 Å². The summed E-state index contributed by atoms with van der Waals surface area (Å²) in [6.45, 7) is 2.78. The molecule has 1 fully saturated rings. The molecule has 0 bridgehead atoms. The maximum atomic E-state index is 12.6. The monoisotopic (exact) mass is 446 g/mol. The number of nitrogens with zero attached hydrogens (tertiary/aromatic N) is 1. The fraction of sp³-hybridized carbons (Fsp3) is 0.286. The molecule has 3 rings (SSSR count). The normalized spacial score (nSPS) is 15.9. The number of carbonyl (C=O) groups excluding carboxylic acids is 2. The Balaban J connectivity index is 1.68. The minimum absolute atomic E-state index is 0.0395. The van der Waals surface area contributed by atoms with Crippen LogP contribution in [0.4, 0.5) is 11.4 Å². The van der Waals surface area contributed by atoms with E-state index in [0.29, 0.717) is 28.9 Å². The van der Waals surface area contributed by atoms with Crippen LogP contribution >= 0.6 is 23.8 Å². The lowest BCUT2D eigenvalue weighted by Gasteiger charge is -2.36. The molecule has 3 N–H and O–H groups in total. The molecular formula is C21H23ClN4O3S. The van der Waals surface area contributed by atoms with E-state index in [1.807, 2.05) is 31.2 Å². The van der Waals surface area contributed by atoms with Crippen molar-refractivity contribution in [3.63, 3.8) is 0 Å². The van der Waals surface area contributed by atoms with Crippen molar-refractivity contribution in [3.8, 4) is 5.75 Å². The van der Waals surface area contributed by atoms with Crippen molar-refractivity contribution >= 4 is 52.1 Å². The van der Waals surface area contributed by atoms with Gasteiger partial charge in [0, 0.05) is 29.5 Å². The number of benzene rings is 2. The molecule has 9 heteroatoms. The number of nitrogens with one attached hydrogen (secondary N) is 3. The fourth-order valence-electron chi connectivity index (χ4n) is 3.15. The number of amides is 2. The minimum Gasteiger partial charge on any atom is -0.497 e. The second-order valence-corrected chi connectivity index (χ2v) is 7.62. The molecule has 2 aromatic carbocycles. The zero-order valence-corrected chi connectivity index (χ0v) is 18.3. The summed E-state index contributed by atoms with van der Waals surface area (Å²) in [7, 11) is 1.60. The van der Waals surface area contributed by atoms with Crippen molar-refractivity contribution in [2.75, 3.05) is 30.8 Å². The number of methoxy groups -OCH3 is 1. The molecule has 0 spiro atoms. The number of hydrogen-bond acceptors (Lipinski definition) is 4. The van der Waals surface area contributed by atoms with Crippen molar-refractivity contribution in [1.29, 1.82) is 0 Å². The molecule has 1 aliphatic heterocycles. The molecule has 1 saturated heterocycles. The molecule has 0 saturated carbocycles. The Morgan fingerprint density at radius 3 is 2.70 bits per heavy atom. The zero-order valence-electron chi connectivity index (χ0n) is 16.7. The number of hydrogen-bond donors (Lipinski definition) is 3. The van der Waals surface area contributed by atoms with Crippen LogP contribution in [0.5, 0.6) is 5.75 Å². The first kappa shape index (κ1) is 21.9. The number of rotatable bonds is 5. The Hall–Kier alpha value is -2.84. The van der Waals surface area contributed by atoms with Crippen LogP contribution in [0.2, 0.25) is 5.02 Å². The molecule has 0 aromatic heterocycles. The van der Waals surface area contributed by atoms with Crippen LogP contribution in [0, 0.1) is 6.92 Å². The van der Waals surface area contributed by atoms with Crippen LogP contribution in [0.25, 0.3) is 0 Å². The third-order valence-electron chi connectivity index (χ3n) is 4.85. The van der Waals surface area contributed by atoms with Crippen molar-refractivity contribution in [1.82, 2.24) is 10.2 Å². The van der Waals surface area contributed by atoms with Gasteiger partial charge in [-0.25, -0.2) is 0 Å². The Morgan fingerprint density at radius 1 is 1.27 bits per heavy atom. The molecule has 30 heavy (non-hydrogen) atoms. The topological polar surface area (TPSA) is 82.7 Å². The third-order valence-corrected chi connectivity index (χ3v) is 5.60. The van der Waals surface area contributed by atoms with Crippen LogP contribution < -0.4 is 20.7 Å². The summed E-state index contributed by atoms with van der Waals surface area (Å²) in [5.74, 6) is 0.201. The SMILES string of the molecule is COc1ccc(NC(=S)N2CCNC(=O)[C@@H]2CC(=O)Nc2cccc(Cl)c2C)cc1. The second kappa shape index (κ2) is 9.77. The first-order valence-corrected chi connectivity index (χ1v) is 10.2. The average Bonchev–Trinajstić information content (AvgIpc) is 2.73. The summed E-state index contributed by atoms with van der Waals surface area (Å²) < 4.78 is 5.15. The van der Waals surface area contributed by atoms with Gasteiger partial charge in [-0.1, -0.05) is 17.7 Å². The molecule has 2 aromatic rings. The highest BCUT2D eigenvalue weighted by Gasteiger charge is 2.33. The summed E-state index contributed by atoms with van der Waals surface area (Å²) in [6.07, 6.45) is -0.0395. The van der Waals surface area contributed by atoms with Gasteiger partial charge in [-0.15, -0.1) is 0 Å². The molecule has 158 valence electrons. The Morgan fingerprint density at radius 2 is 2.00 bits per heavy atom. The third kappa shape index (κ3) is 5.20. The van der Waals surface area contributed by atoms with Crippen molar-refractivity contribution in [3.05, 3.63) is 53.1 Å². The standard InChI is InChI=1S/C21H23ClN4O3S/c1-13-16(22)4-3-5-17(13)25-19(27)12-18-20(28)23-10-11-26(18)21(30)24-14-6-8-15(29-2)9-7-14/h3-9,18H,10-12H2,1-2H3,(H,23,28)(H,24,30)(H,25,27)/t18-/m0/s1. The first-order valence-electron chi connectivity index (χ1n) is 9.43. The highest BCUT2D eigenvalue weighted by Crippen LogP contribution is 2.23. The molecule has 1 aliphatic rings. The van der Waals surface area contributed by atoms with Gasteiger partial charge in [0.05, 0.1) is 13.5 Å². The summed E-state index contributed by atoms with van der Waals surface area (Å²) in [4.78, 5) is 26.9. The molecule has 1 heterocycles. The van der Waals surface area contributed by atoms with Gasteiger partial charge < -0.3 is 25.6 Å². The van der Waals surface area contributed by atoms with Gasteiger partial charge in [-0.05, 0) is 61.1 Å². The fourth-order valence-corrected chi connectivity index (χ4v) is 3.66. The second-order valence-electron chi connectivity index (χ2n) is 6.82. The number of carbonyl (C=O) groups is 2. The average molecular weight is 447 g/mol. The molecule has 2 amide bonds.